The van der Waals surface area contributed by atoms with Crippen molar-refractivity contribution >= 4 is 45.2 Å². The van der Waals surface area contributed by atoms with Crippen LogP contribution in [-0.4, -0.2) is 44.7 Å². The Balaban J connectivity index is 1.34. The number of hydrogen-bond acceptors (Lipinski definition) is 5. The summed E-state index contributed by atoms with van der Waals surface area (Å²) in [5, 5.41) is 14.9. The number of rotatable bonds is 9. The van der Waals surface area contributed by atoms with Gasteiger partial charge in [-0.1, -0.05) is 53.7 Å². The molecule has 0 saturated heterocycles. The zero-order valence-corrected chi connectivity index (χ0v) is 21.5. The van der Waals surface area contributed by atoms with Gasteiger partial charge in [0, 0.05) is 46.7 Å². The van der Waals surface area contributed by atoms with Gasteiger partial charge in [0.05, 0.1) is 18.9 Å². The van der Waals surface area contributed by atoms with Crippen molar-refractivity contribution in [2.75, 3.05) is 24.8 Å². The quantitative estimate of drug-likeness (QED) is 0.261. The Bertz CT molecular complexity index is 1540. The van der Waals surface area contributed by atoms with Gasteiger partial charge in [0.1, 0.15) is 0 Å². The van der Waals surface area contributed by atoms with E-state index in [0.717, 1.165) is 34.6 Å². The molecule has 3 aromatic carbocycles. The van der Waals surface area contributed by atoms with E-state index in [-0.39, 0.29) is 11.7 Å². The highest BCUT2D eigenvalue weighted by Crippen LogP contribution is 2.31. The van der Waals surface area contributed by atoms with Gasteiger partial charge in [-0.25, -0.2) is 0 Å². The normalized spacial score (nSPS) is 11.4. The second-order valence-electron chi connectivity index (χ2n) is 8.65. The van der Waals surface area contributed by atoms with E-state index in [2.05, 4.69) is 82.5 Å². The van der Waals surface area contributed by atoms with Crippen molar-refractivity contribution in [2.45, 2.75) is 32.1 Å². The van der Waals surface area contributed by atoms with Crippen LogP contribution in [0, 0.1) is 6.92 Å². The number of aromatic nitrogens is 4. The summed E-state index contributed by atoms with van der Waals surface area (Å²) < 4.78 is 9.61. The van der Waals surface area contributed by atoms with Crippen LogP contribution < -0.4 is 5.32 Å². The van der Waals surface area contributed by atoms with E-state index in [4.69, 9.17) is 4.74 Å². The maximum absolute atomic E-state index is 12.9. The first-order chi connectivity index (χ1) is 17.6. The van der Waals surface area contributed by atoms with E-state index >= 15 is 0 Å². The van der Waals surface area contributed by atoms with Crippen molar-refractivity contribution < 1.29 is 9.53 Å². The molecule has 8 heteroatoms. The number of ether oxygens (including phenoxy) is 1. The number of methoxy groups -OCH3 is 1. The smallest absolute Gasteiger partial charge is 0.234 e. The Hall–Kier alpha value is -3.62. The lowest BCUT2D eigenvalue weighted by molar-refractivity contribution is -0.113. The molecule has 0 aliphatic heterocycles. The molecule has 0 saturated carbocycles. The Morgan fingerprint density at radius 1 is 0.972 bits per heavy atom. The molecule has 0 spiro atoms. The van der Waals surface area contributed by atoms with Gasteiger partial charge < -0.3 is 14.6 Å². The monoisotopic (exact) mass is 499 g/mol. The molecule has 0 aliphatic carbocycles. The average molecular weight is 500 g/mol. The highest BCUT2D eigenvalue weighted by atomic mass is 32.2. The zero-order valence-electron chi connectivity index (χ0n) is 20.7. The standard InChI is InChI=1S/C28H29N5O2S/c1-4-32-24-11-6-5-10-22(24)23-17-21(12-13-25(23)32)29-26(34)18-36-28-31-30-27(33(28)14-15-35-3)20-9-7-8-19(2)16-20/h5-13,16-17H,4,14-15,18H2,1-3H3,(H,29,34). The van der Waals surface area contributed by atoms with Gasteiger partial charge in [0.2, 0.25) is 5.91 Å². The summed E-state index contributed by atoms with van der Waals surface area (Å²) in [6.07, 6.45) is 0. The first-order valence-electron chi connectivity index (χ1n) is 12.0. The molecule has 184 valence electrons. The van der Waals surface area contributed by atoms with Gasteiger partial charge in [-0.3, -0.25) is 9.36 Å². The zero-order chi connectivity index (χ0) is 25.1. The molecule has 0 aliphatic rings. The molecule has 2 heterocycles. The molecular weight excluding hydrogens is 470 g/mol. The van der Waals surface area contributed by atoms with Crippen LogP contribution in [0.1, 0.15) is 12.5 Å². The molecule has 36 heavy (non-hydrogen) atoms. The number of anilines is 1. The number of amides is 1. The third-order valence-corrected chi connectivity index (χ3v) is 7.18. The largest absolute Gasteiger partial charge is 0.383 e. The number of carbonyl (C=O) groups is 1. The Morgan fingerprint density at radius 3 is 2.61 bits per heavy atom. The molecule has 0 fully saturated rings. The lowest BCUT2D eigenvalue weighted by Gasteiger charge is -2.10. The second-order valence-corrected chi connectivity index (χ2v) is 9.59. The molecule has 5 rings (SSSR count). The summed E-state index contributed by atoms with van der Waals surface area (Å²) in [5.74, 6) is 0.918. The molecule has 0 radical (unpaired) electrons. The first-order valence-corrected chi connectivity index (χ1v) is 13.0. The van der Waals surface area contributed by atoms with Crippen molar-refractivity contribution in [1.29, 1.82) is 0 Å². The SMILES string of the molecule is CCn1c2ccccc2c2cc(NC(=O)CSc3nnc(-c4cccc(C)c4)n3CCOC)ccc21. The fourth-order valence-electron chi connectivity index (χ4n) is 4.58. The minimum atomic E-state index is -0.0861. The molecule has 7 nitrogen and oxygen atoms in total. The summed E-state index contributed by atoms with van der Waals surface area (Å²) in [7, 11) is 1.67. The first kappa shape index (κ1) is 24.1. The summed E-state index contributed by atoms with van der Waals surface area (Å²) >= 11 is 1.38. The van der Waals surface area contributed by atoms with E-state index < -0.39 is 0 Å². The van der Waals surface area contributed by atoms with E-state index in [1.807, 2.05) is 22.8 Å². The van der Waals surface area contributed by atoms with Crippen molar-refractivity contribution in [1.82, 2.24) is 19.3 Å². The van der Waals surface area contributed by atoms with Gasteiger partial charge in [0.15, 0.2) is 11.0 Å². The van der Waals surface area contributed by atoms with E-state index in [0.29, 0.717) is 18.3 Å². The van der Waals surface area contributed by atoms with Crippen LogP contribution in [0.2, 0.25) is 0 Å². The molecule has 0 atom stereocenters. The van der Waals surface area contributed by atoms with Crippen LogP contribution in [-0.2, 0) is 22.6 Å². The molecule has 0 unspecified atom stereocenters. The summed E-state index contributed by atoms with van der Waals surface area (Å²) in [6, 6.07) is 22.6. The highest BCUT2D eigenvalue weighted by Gasteiger charge is 2.16. The Kier molecular flexibility index (Phi) is 7.06. The average Bonchev–Trinajstić information content (AvgIpc) is 3.44. The van der Waals surface area contributed by atoms with Gasteiger partial charge in [-0.05, 0) is 44.2 Å². The van der Waals surface area contributed by atoms with Crippen LogP contribution in [0.3, 0.4) is 0 Å². The Labute approximate surface area is 214 Å². The van der Waals surface area contributed by atoms with Crippen molar-refractivity contribution in [3.05, 3.63) is 72.3 Å². The minimum absolute atomic E-state index is 0.0861. The van der Waals surface area contributed by atoms with Crippen LogP contribution in [0.5, 0.6) is 0 Å². The maximum Gasteiger partial charge on any atom is 0.234 e. The van der Waals surface area contributed by atoms with Crippen LogP contribution in [0.4, 0.5) is 5.69 Å². The number of thioether (sulfide) groups is 1. The summed E-state index contributed by atoms with van der Waals surface area (Å²) in [5.41, 5.74) is 5.30. The summed E-state index contributed by atoms with van der Waals surface area (Å²) in [4.78, 5) is 12.9. The summed E-state index contributed by atoms with van der Waals surface area (Å²) in [6.45, 7) is 6.22. The maximum atomic E-state index is 12.9. The van der Waals surface area contributed by atoms with Gasteiger partial charge in [-0.2, -0.15) is 0 Å². The number of fused-ring (bicyclic) bond motifs is 3. The topological polar surface area (TPSA) is 74.0 Å². The molecule has 2 aromatic heterocycles. The number of nitrogens with zero attached hydrogens (tertiary/aromatic N) is 4. The number of nitrogens with one attached hydrogen (secondary N) is 1. The predicted octanol–water partition coefficient (Wildman–Crippen LogP) is 5.76. The third-order valence-electron chi connectivity index (χ3n) is 6.22. The second kappa shape index (κ2) is 10.6. The lowest BCUT2D eigenvalue weighted by atomic mass is 10.1. The van der Waals surface area contributed by atoms with Crippen molar-refractivity contribution in [3.63, 3.8) is 0 Å². The fraction of sp³-hybridized carbons (Fsp3) is 0.250. The Morgan fingerprint density at radius 2 is 1.81 bits per heavy atom. The van der Waals surface area contributed by atoms with E-state index in [9.17, 15) is 4.79 Å². The van der Waals surface area contributed by atoms with Crippen molar-refractivity contribution in [3.8, 4) is 11.4 Å². The van der Waals surface area contributed by atoms with Gasteiger partial charge >= 0.3 is 0 Å². The van der Waals surface area contributed by atoms with Crippen LogP contribution in [0.15, 0.2) is 71.9 Å². The number of para-hydroxylation sites is 1. The molecule has 5 aromatic rings. The highest BCUT2D eigenvalue weighted by molar-refractivity contribution is 7.99. The number of hydrogen-bond donors (Lipinski definition) is 1. The molecular formula is C28H29N5O2S. The number of benzene rings is 3. The molecule has 1 N–H and O–H groups in total. The number of aryl methyl sites for hydroxylation is 2. The third kappa shape index (κ3) is 4.74. The minimum Gasteiger partial charge on any atom is -0.383 e. The van der Waals surface area contributed by atoms with E-state index in [1.54, 1.807) is 7.11 Å². The predicted molar refractivity (Wildman–Crippen MR) is 147 cm³/mol. The number of carbonyl (C=O) groups excluding carboxylic acids is 1. The van der Waals surface area contributed by atoms with Gasteiger partial charge in [0.25, 0.3) is 0 Å². The molecule has 0 bridgehead atoms. The lowest BCUT2D eigenvalue weighted by Crippen LogP contribution is -2.15. The van der Waals surface area contributed by atoms with Crippen LogP contribution in [0.25, 0.3) is 33.2 Å². The fourth-order valence-corrected chi connectivity index (χ4v) is 5.34. The van der Waals surface area contributed by atoms with Crippen molar-refractivity contribution in [2.24, 2.45) is 0 Å². The van der Waals surface area contributed by atoms with Gasteiger partial charge in [-0.15, -0.1) is 10.2 Å². The van der Waals surface area contributed by atoms with E-state index in [1.165, 1.54) is 28.2 Å². The molecule has 1 amide bonds. The van der Waals surface area contributed by atoms with Crippen LogP contribution >= 0.6 is 11.8 Å².